The molecule has 3 aromatic carbocycles. The van der Waals surface area contributed by atoms with Crippen molar-refractivity contribution in [3.8, 4) is 17.3 Å². The smallest absolute Gasteiger partial charge is 0.509 e. The van der Waals surface area contributed by atoms with E-state index in [1.165, 1.54) is 0 Å². The molecule has 0 saturated heterocycles. The van der Waals surface area contributed by atoms with Crippen LogP contribution in [0.4, 0.5) is 5.69 Å². The minimum absolute atomic E-state index is 0. The Morgan fingerprint density at radius 1 is 0.909 bits per heavy atom. The summed E-state index contributed by atoms with van der Waals surface area (Å²) >= 11 is 0. The number of fused-ring (bicyclic) bond motifs is 3. The van der Waals surface area contributed by atoms with Gasteiger partial charge < -0.3 is 9.30 Å². The molecule has 160 valence electrons. The average Bonchev–Trinajstić information content (AvgIpc) is 3.41. The SMILES string of the molecule is C[N+]1=C=[N+](c2[c-]c(Oc3[c-]cc4c(c3)c3ccccc3n4-c3ccccn3)ccc2)C=C1.[Pt+2]. The zero-order valence-corrected chi connectivity index (χ0v) is 19.9. The van der Waals surface area contributed by atoms with Crippen molar-refractivity contribution in [2.75, 3.05) is 7.05 Å². The first-order valence-electron chi connectivity index (χ1n) is 10.3. The van der Waals surface area contributed by atoms with Gasteiger partial charge in [-0.3, -0.25) is 0 Å². The first kappa shape index (κ1) is 21.1. The van der Waals surface area contributed by atoms with Crippen LogP contribution in [0.15, 0.2) is 91.4 Å². The molecule has 6 heteroatoms. The summed E-state index contributed by atoms with van der Waals surface area (Å²) in [6, 6.07) is 33.8. The summed E-state index contributed by atoms with van der Waals surface area (Å²) in [6.07, 6.45) is 5.67. The zero-order valence-electron chi connectivity index (χ0n) is 17.7. The molecule has 0 bridgehead atoms. The van der Waals surface area contributed by atoms with Gasteiger partial charge in [-0.15, -0.1) is 24.3 Å². The predicted molar refractivity (Wildman–Crippen MR) is 123 cm³/mol. The van der Waals surface area contributed by atoms with Crippen LogP contribution in [-0.2, 0) is 21.1 Å². The van der Waals surface area contributed by atoms with Crippen molar-refractivity contribution in [1.82, 2.24) is 9.55 Å². The van der Waals surface area contributed by atoms with Gasteiger partial charge in [0.15, 0.2) is 7.05 Å². The van der Waals surface area contributed by atoms with Crippen LogP contribution in [-0.4, -0.2) is 31.8 Å². The molecule has 0 N–H and O–H groups in total. The standard InChI is InChI=1S/C27H18N4O.Pt/c1-29-15-16-30(19-29)20-7-6-8-21(17-20)32-22-12-13-26-24(18-22)23-9-2-3-10-25(23)31(26)27-11-4-5-14-28-27;/h2-11,13-16,18H,1H3;/q;+2. The number of para-hydroxylation sites is 1. The number of benzene rings is 3. The second-order valence-electron chi connectivity index (χ2n) is 7.52. The monoisotopic (exact) mass is 609 g/mol. The maximum atomic E-state index is 6.15. The molecular weight excluding hydrogens is 591 g/mol. The van der Waals surface area contributed by atoms with Crippen LogP contribution in [0.5, 0.6) is 11.5 Å². The Labute approximate surface area is 205 Å². The van der Waals surface area contributed by atoms with E-state index in [-0.39, 0.29) is 21.1 Å². The number of rotatable bonds is 4. The number of pyridine rings is 1. The van der Waals surface area contributed by atoms with Crippen LogP contribution in [0.3, 0.4) is 0 Å². The fourth-order valence-corrected chi connectivity index (χ4v) is 3.97. The first-order chi connectivity index (χ1) is 15.8. The number of nitrogens with zero attached hydrogens (tertiary/aromatic N) is 4. The molecule has 1 aliphatic heterocycles. The zero-order chi connectivity index (χ0) is 21.5. The Balaban J connectivity index is 0.00000228. The summed E-state index contributed by atoms with van der Waals surface area (Å²) < 4.78 is 12.0. The van der Waals surface area contributed by atoms with Gasteiger partial charge >= 0.3 is 27.1 Å². The number of aromatic nitrogens is 2. The van der Waals surface area contributed by atoms with Gasteiger partial charge in [0.1, 0.15) is 11.5 Å². The maximum absolute atomic E-state index is 6.15. The Kier molecular flexibility index (Phi) is 5.51. The van der Waals surface area contributed by atoms with Gasteiger partial charge in [-0.1, -0.05) is 56.5 Å². The van der Waals surface area contributed by atoms with E-state index in [1.54, 1.807) is 0 Å². The molecule has 0 fully saturated rings. The molecule has 0 aliphatic carbocycles. The van der Waals surface area contributed by atoms with E-state index in [2.05, 4.69) is 39.8 Å². The van der Waals surface area contributed by atoms with E-state index in [0.717, 1.165) is 33.3 Å². The molecule has 0 radical (unpaired) electrons. The van der Waals surface area contributed by atoms with Crippen molar-refractivity contribution in [2.24, 2.45) is 0 Å². The van der Waals surface area contributed by atoms with E-state index < -0.39 is 0 Å². The fraction of sp³-hybridized carbons (Fsp3) is 0.0370. The molecule has 5 nitrogen and oxygen atoms in total. The van der Waals surface area contributed by atoms with E-state index in [4.69, 9.17) is 4.74 Å². The van der Waals surface area contributed by atoms with Crippen LogP contribution < -0.4 is 4.74 Å². The normalized spacial score (nSPS) is 12.5. The summed E-state index contributed by atoms with van der Waals surface area (Å²) in [7, 11) is 1.93. The summed E-state index contributed by atoms with van der Waals surface area (Å²) in [4.78, 5) is 4.56. The molecule has 3 heterocycles. The molecule has 6 rings (SSSR count). The number of hydrogen-bond donors (Lipinski definition) is 0. The van der Waals surface area contributed by atoms with Crippen molar-refractivity contribution in [3.05, 3.63) is 104 Å². The van der Waals surface area contributed by atoms with E-state index in [9.17, 15) is 0 Å². The second kappa shape index (κ2) is 8.63. The van der Waals surface area contributed by atoms with Gasteiger partial charge in [0.2, 0.25) is 6.20 Å². The quantitative estimate of drug-likeness (QED) is 0.199. The van der Waals surface area contributed by atoms with Crippen molar-refractivity contribution < 1.29 is 35.0 Å². The average molecular weight is 610 g/mol. The molecule has 5 aromatic rings. The van der Waals surface area contributed by atoms with Gasteiger partial charge in [-0.2, -0.15) is 6.07 Å². The van der Waals surface area contributed by atoms with E-state index in [1.807, 2.05) is 95.5 Å². The van der Waals surface area contributed by atoms with Crippen molar-refractivity contribution in [2.45, 2.75) is 0 Å². The predicted octanol–water partition coefficient (Wildman–Crippen LogP) is 5.51. The summed E-state index contributed by atoms with van der Waals surface area (Å²) in [5.41, 5.74) is 2.98. The Morgan fingerprint density at radius 3 is 2.61 bits per heavy atom. The Hall–Kier alpha value is -3.78. The third-order valence-corrected chi connectivity index (χ3v) is 5.39. The Morgan fingerprint density at radius 2 is 1.79 bits per heavy atom. The third kappa shape index (κ3) is 3.82. The number of ether oxygens (including phenoxy) is 1. The van der Waals surface area contributed by atoms with Crippen LogP contribution in [0.1, 0.15) is 0 Å². The van der Waals surface area contributed by atoms with E-state index in [0.29, 0.717) is 11.5 Å². The van der Waals surface area contributed by atoms with Crippen LogP contribution >= 0.6 is 0 Å². The van der Waals surface area contributed by atoms with Gasteiger partial charge in [-0.25, -0.2) is 4.98 Å². The van der Waals surface area contributed by atoms with Gasteiger partial charge in [-0.05, 0) is 23.6 Å². The molecule has 2 aromatic heterocycles. The molecule has 0 atom stereocenters. The molecule has 0 spiro atoms. The van der Waals surface area contributed by atoms with Crippen molar-refractivity contribution >= 4 is 33.5 Å². The van der Waals surface area contributed by atoms with Crippen molar-refractivity contribution in [1.29, 1.82) is 0 Å². The third-order valence-electron chi connectivity index (χ3n) is 5.39. The van der Waals surface area contributed by atoms with Crippen LogP contribution in [0, 0.1) is 12.1 Å². The largest absolute Gasteiger partial charge is 2.00 e. The molecule has 0 saturated carbocycles. The first-order valence-corrected chi connectivity index (χ1v) is 10.3. The molecule has 33 heavy (non-hydrogen) atoms. The second-order valence-corrected chi connectivity index (χ2v) is 7.52. The molecule has 1 aliphatic rings. The minimum Gasteiger partial charge on any atom is -0.509 e. The van der Waals surface area contributed by atoms with Crippen molar-refractivity contribution in [3.63, 3.8) is 0 Å². The summed E-state index contributed by atoms with van der Waals surface area (Å²) in [5.74, 6) is 2.13. The van der Waals surface area contributed by atoms with E-state index >= 15 is 0 Å². The minimum atomic E-state index is 0. The molecule has 0 unspecified atom stereocenters. The van der Waals surface area contributed by atoms with Gasteiger partial charge in [0.05, 0.1) is 0 Å². The Bertz CT molecular complexity index is 1600. The van der Waals surface area contributed by atoms with Gasteiger partial charge in [0.25, 0.3) is 6.20 Å². The summed E-state index contributed by atoms with van der Waals surface area (Å²) in [6.45, 7) is 0. The van der Waals surface area contributed by atoms with Gasteiger partial charge in [0, 0.05) is 23.2 Å². The van der Waals surface area contributed by atoms with Crippen LogP contribution in [0.2, 0.25) is 0 Å². The fourth-order valence-electron chi connectivity index (χ4n) is 3.97. The number of hydrogen-bond acceptors (Lipinski definition) is 2. The molecular formula is C27H18N4OPt+2. The maximum Gasteiger partial charge on any atom is 2.00 e. The molecule has 0 amide bonds. The topological polar surface area (TPSA) is 33.1 Å². The summed E-state index contributed by atoms with van der Waals surface area (Å²) in [5, 5.41) is 2.22. The van der Waals surface area contributed by atoms with Crippen LogP contribution in [0.25, 0.3) is 27.6 Å².